The Morgan fingerprint density at radius 1 is 0.362 bits per heavy atom. The van der Waals surface area contributed by atoms with Crippen molar-refractivity contribution in [2.24, 2.45) is 0 Å². The molecule has 3 nitrogen and oxygen atoms in total. The molecule has 0 N–H and O–H groups in total. The number of furan rings is 1. The molecular formula is C55H36N2O. The monoisotopic (exact) mass is 740 g/mol. The van der Waals surface area contributed by atoms with Crippen molar-refractivity contribution in [2.45, 2.75) is 19.3 Å². The van der Waals surface area contributed by atoms with Crippen LogP contribution in [0, 0.1) is 0 Å². The van der Waals surface area contributed by atoms with E-state index in [1.54, 1.807) is 12.4 Å². The molecule has 0 amide bonds. The van der Waals surface area contributed by atoms with E-state index in [0.717, 1.165) is 54.9 Å². The molecule has 12 rings (SSSR count). The molecule has 0 spiro atoms. The van der Waals surface area contributed by atoms with Crippen LogP contribution < -0.4 is 0 Å². The highest BCUT2D eigenvalue weighted by Crippen LogP contribution is 2.51. The van der Waals surface area contributed by atoms with Crippen molar-refractivity contribution in [3.8, 4) is 55.6 Å². The van der Waals surface area contributed by atoms with E-state index in [2.05, 4.69) is 172 Å². The number of rotatable bonds is 4. The molecule has 1 aliphatic carbocycles. The summed E-state index contributed by atoms with van der Waals surface area (Å²) in [4.78, 5) is 9.47. The van der Waals surface area contributed by atoms with Gasteiger partial charge >= 0.3 is 0 Å². The standard InChI is InChI=1S/C55H36N2O/c1-55(2)49-31-37(34-11-7-10-33(28-34)36-22-25-46-48(30-36)41-14-3-4-16-45(41)52-53(46)57-27-26-56-52)20-23-42(49)43-24-21-38(32-50(43)55)35-12-8-13-39(29-35)40-17-9-18-47-44-15-5-6-19-51(44)58-54(40)47/h3-32H,1-2H3. The van der Waals surface area contributed by atoms with Crippen LogP contribution in [0.3, 0.4) is 0 Å². The van der Waals surface area contributed by atoms with Crippen molar-refractivity contribution >= 4 is 54.5 Å². The molecule has 1 aliphatic rings. The Morgan fingerprint density at radius 2 is 0.862 bits per heavy atom. The minimum atomic E-state index is -0.170. The van der Waals surface area contributed by atoms with E-state index in [4.69, 9.17) is 14.4 Å². The summed E-state index contributed by atoms with van der Waals surface area (Å²) in [5.74, 6) is 0. The molecule has 0 saturated carbocycles. The third-order valence-corrected chi connectivity index (χ3v) is 12.6. The molecule has 0 atom stereocenters. The van der Waals surface area contributed by atoms with Crippen molar-refractivity contribution in [3.05, 3.63) is 193 Å². The first kappa shape index (κ1) is 32.8. The van der Waals surface area contributed by atoms with Crippen LogP contribution in [0.4, 0.5) is 0 Å². The summed E-state index contributed by atoms with van der Waals surface area (Å²) in [6.07, 6.45) is 3.57. The van der Waals surface area contributed by atoms with E-state index in [-0.39, 0.29) is 5.41 Å². The largest absolute Gasteiger partial charge is 0.455 e. The van der Waals surface area contributed by atoms with Gasteiger partial charge in [0.25, 0.3) is 0 Å². The Bertz CT molecular complexity index is 3460. The molecule has 0 radical (unpaired) electrons. The van der Waals surface area contributed by atoms with Gasteiger partial charge < -0.3 is 4.42 Å². The smallest absolute Gasteiger partial charge is 0.143 e. The highest BCUT2D eigenvalue weighted by atomic mass is 16.3. The van der Waals surface area contributed by atoms with E-state index in [1.807, 2.05) is 12.1 Å². The molecule has 272 valence electrons. The second kappa shape index (κ2) is 12.3. The number of hydrogen-bond donors (Lipinski definition) is 0. The highest BCUT2D eigenvalue weighted by molar-refractivity contribution is 6.23. The first-order chi connectivity index (χ1) is 28.5. The van der Waals surface area contributed by atoms with Crippen LogP contribution in [0.1, 0.15) is 25.0 Å². The van der Waals surface area contributed by atoms with Crippen LogP contribution in [0.2, 0.25) is 0 Å². The van der Waals surface area contributed by atoms with Gasteiger partial charge in [0.05, 0.1) is 11.0 Å². The maximum Gasteiger partial charge on any atom is 0.143 e. The molecule has 0 unspecified atom stereocenters. The van der Waals surface area contributed by atoms with Crippen molar-refractivity contribution in [1.82, 2.24) is 9.97 Å². The molecule has 2 heterocycles. The van der Waals surface area contributed by atoms with E-state index >= 15 is 0 Å². The lowest BCUT2D eigenvalue weighted by Crippen LogP contribution is -2.15. The van der Waals surface area contributed by atoms with Gasteiger partial charge in [-0.1, -0.05) is 147 Å². The quantitative estimate of drug-likeness (QED) is 0.169. The molecule has 9 aromatic carbocycles. The van der Waals surface area contributed by atoms with Gasteiger partial charge in [0, 0.05) is 44.9 Å². The SMILES string of the molecule is CC1(C)c2cc(-c3cccc(-c4ccc5c(c4)c4ccccc4c4nccnc54)c3)ccc2-c2ccc(-c3cccc(-c4cccc5c4oc4ccccc45)c3)cc21. The molecule has 0 aliphatic heterocycles. The van der Waals surface area contributed by atoms with Crippen molar-refractivity contribution < 1.29 is 4.42 Å². The van der Waals surface area contributed by atoms with E-state index < -0.39 is 0 Å². The zero-order valence-corrected chi connectivity index (χ0v) is 32.1. The lowest BCUT2D eigenvalue weighted by atomic mass is 9.80. The number of para-hydroxylation sites is 2. The van der Waals surface area contributed by atoms with Crippen LogP contribution in [-0.4, -0.2) is 9.97 Å². The predicted molar refractivity (Wildman–Crippen MR) is 241 cm³/mol. The summed E-state index contributed by atoms with van der Waals surface area (Å²) < 4.78 is 6.42. The third-order valence-electron chi connectivity index (χ3n) is 12.6. The predicted octanol–water partition coefficient (Wildman–Crippen LogP) is 14.8. The Hall–Kier alpha value is -7.36. The van der Waals surface area contributed by atoms with Crippen LogP contribution in [0.5, 0.6) is 0 Å². The fourth-order valence-corrected chi connectivity index (χ4v) is 9.63. The molecule has 58 heavy (non-hydrogen) atoms. The summed E-state index contributed by atoms with van der Waals surface area (Å²) in [6, 6.07) is 61.9. The Kier molecular flexibility index (Phi) is 6.98. The van der Waals surface area contributed by atoms with Gasteiger partial charge in [-0.15, -0.1) is 0 Å². The van der Waals surface area contributed by atoms with Gasteiger partial charge in [0.2, 0.25) is 0 Å². The average molecular weight is 741 g/mol. The fraction of sp³-hybridized carbons (Fsp3) is 0.0545. The van der Waals surface area contributed by atoms with Gasteiger partial charge in [-0.2, -0.15) is 0 Å². The first-order valence-electron chi connectivity index (χ1n) is 20.0. The van der Waals surface area contributed by atoms with Gasteiger partial charge in [0.15, 0.2) is 0 Å². The maximum absolute atomic E-state index is 6.42. The van der Waals surface area contributed by atoms with E-state index in [0.29, 0.717) is 0 Å². The fourth-order valence-electron chi connectivity index (χ4n) is 9.63. The summed E-state index contributed by atoms with van der Waals surface area (Å²) in [5, 5.41) is 6.93. The Labute approximate surface area is 335 Å². The first-order valence-corrected chi connectivity index (χ1v) is 20.0. The second-order valence-electron chi connectivity index (χ2n) is 16.1. The summed E-state index contributed by atoms with van der Waals surface area (Å²) >= 11 is 0. The normalized spacial score (nSPS) is 13.1. The molecule has 0 bridgehead atoms. The number of hydrogen-bond acceptors (Lipinski definition) is 3. The molecule has 2 aromatic heterocycles. The number of fused-ring (bicyclic) bond motifs is 12. The van der Waals surface area contributed by atoms with Crippen molar-refractivity contribution in [2.75, 3.05) is 0 Å². The van der Waals surface area contributed by atoms with Gasteiger partial charge in [-0.05, 0) is 108 Å². The molecule has 11 aromatic rings. The lowest BCUT2D eigenvalue weighted by Gasteiger charge is -2.23. The zero-order valence-electron chi connectivity index (χ0n) is 32.1. The lowest BCUT2D eigenvalue weighted by molar-refractivity contribution is 0.661. The maximum atomic E-state index is 6.42. The summed E-state index contributed by atoms with van der Waals surface area (Å²) in [5.41, 5.74) is 18.4. The zero-order chi connectivity index (χ0) is 38.5. The molecule has 0 saturated heterocycles. The highest BCUT2D eigenvalue weighted by Gasteiger charge is 2.36. The van der Waals surface area contributed by atoms with Gasteiger partial charge in [0.1, 0.15) is 11.2 Å². The minimum absolute atomic E-state index is 0.170. The molecular weight excluding hydrogens is 705 g/mol. The topological polar surface area (TPSA) is 38.9 Å². The van der Waals surface area contributed by atoms with Crippen molar-refractivity contribution in [1.29, 1.82) is 0 Å². The van der Waals surface area contributed by atoms with Crippen LogP contribution in [-0.2, 0) is 5.41 Å². The molecule has 0 fully saturated rings. The second-order valence-corrected chi connectivity index (χ2v) is 16.1. The van der Waals surface area contributed by atoms with Crippen LogP contribution in [0.15, 0.2) is 187 Å². The van der Waals surface area contributed by atoms with E-state index in [1.165, 1.54) is 66.4 Å². The average Bonchev–Trinajstić information content (AvgIpc) is 3.78. The Balaban J connectivity index is 0.895. The van der Waals surface area contributed by atoms with Crippen LogP contribution in [0.25, 0.3) is 110 Å². The molecule has 3 heteroatoms. The number of benzene rings is 9. The summed E-state index contributed by atoms with van der Waals surface area (Å²) in [6.45, 7) is 4.74. The van der Waals surface area contributed by atoms with Gasteiger partial charge in [-0.25, -0.2) is 0 Å². The summed E-state index contributed by atoms with van der Waals surface area (Å²) in [7, 11) is 0. The minimum Gasteiger partial charge on any atom is -0.455 e. The van der Waals surface area contributed by atoms with E-state index in [9.17, 15) is 0 Å². The van der Waals surface area contributed by atoms with Crippen LogP contribution >= 0.6 is 0 Å². The number of nitrogens with zero attached hydrogens (tertiary/aromatic N) is 2. The van der Waals surface area contributed by atoms with Crippen molar-refractivity contribution in [3.63, 3.8) is 0 Å². The Morgan fingerprint density at radius 3 is 1.55 bits per heavy atom. The van der Waals surface area contributed by atoms with Gasteiger partial charge in [-0.3, -0.25) is 9.97 Å². The third kappa shape index (κ3) is 4.86. The number of aromatic nitrogens is 2.